The van der Waals surface area contributed by atoms with Gasteiger partial charge < -0.3 is 9.64 Å². The number of nitrogens with zero attached hydrogens (tertiary/aromatic N) is 3. The Morgan fingerprint density at radius 3 is 2.28 bits per heavy atom. The van der Waals surface area contributed by atoms with Crippen LogP contribution in [0.1, 0.15) is 41.7 Å². The molecule has 2 heterocycles. The highest BCUT2D eigenvalue weighted by molar-refractivity contribution is 7.92. The summed E-state index contributed by atoms with van der Waals surface area (Å²) in [6, 6.07) is 10.8. The minimum absolute atomic E-state index is 0.145. The van der Waals surface area contributed by atoms with Gasteiger partial charge >= 0.3 is 5.97 Å². The van der Waals surface area contributed by atoms with Gasteiger partial charge in [-0.2, -0.15) is 0 Å². The molecule has 13 heteroatoms. The van der Waals surface area contributed by atoms with Crippen molar-refractivity contribution in [2.24, 2.45) is 7.05 Å². The summed E-state index contributed by atoms with van der Waals surface area (Å²) in [5.74, 6) is -1.31. The standard InChI is InChI=1S/C26H28Cl2N4O6S/c1-17-24(25(34)32(30(17)2)18-10-6-5-7-11-18)29-39(36,37)22-14-19(20(27)15-21(22)28)26(35)38-16-23(33)31-12-8-3-4-9-13-31/h5-7,10-11,14-15,29H,3-4,8-9,12-13,16H2,1-2H3. The first-order valence-electron chi connectivity index (χ1n) is 12.3. The van der Waals surface area contributed by atoms with Crippen LogP contribution < -0.4 is 10.3 Å². The third-order valence-corrected chi connectivity index (χ3v) is 8.73. The minimum Gasteiger partial charge on any atom is -0.452 e. The molecule has 1 amide bonds. The van der Waals surface area contributed by atoms with Crippen molar-refractivity contribution < 1.29 is 22.7 Å². The van der Waals surface area contributed by atoms with E-state index in [1.165, 1.54) is 9.36 Å². The van der Waals surface area contributed by atoms with Gasteiger partial charge in [-0.1, -0.05) is 54.2 Å². The SMILES string of the molecule is Cc1c(NS(=O)(=O)c2cc(C(=O)OCC(=O)N3CCCCCC3)c(Cl)cc2Cl)c(=O)n(-c2ccccc2)n1C. The summed E-state index contributed by atoms with van der Waals surface area (Å²) in [6.07, 6.45) is 3.85. The molecular formula is C26H28Cl2N4O6S. The number of hydrogen-bond acceptors (Lipinski definition) is 6. The lowest BCUT2D eigenvalue weighted by Gasteiger charge is -2.20. The second kappa shape index (κ2) is 11.8. The molecule has 0 atom stereocenters. The number of amides is 1. The number of hydrogen-bond donors (Lipinski definition) is 1. The average molecular weight is 596 g/mol. The number of rotatable bonds is 7. The molecular weight excluding hydrogens is 567 g/mol. The lowest BCUT2D eigenvalue weighted by molar-refractivity contribution is -0.134. The molecule has 10 nitrogen and oxygen atoms in total. The van der Waals surface area contributed by atoms with E-state index in [9.17, 15) is 22.8 Å². The molecule has 0 spiro atoms. The Hall–Kier alpha value is -3.28. The van der Waals surface area contributed by atoms with Crippen molar-refractivity contribution in [3.63, 3.8) is 0 Å². The monoisotopic (exact) mass is 594 g/mol. The first kappa shape index (κ1) is 28.7. The van der Waals surface area contributed by atoms with Crippen molar-refractivity contribution in [2.75, 3.05) is 24.4 Å². The molecule has 3 aromatic rings. The number of likely N-dealkylation sites (tertiary alicyclic amines) is 1. The summed E-state index contributed by atoms with van der Waals surface area (Å²) in [5.41, 5.74) is -0.162. The molecule has 1 aliphatic rings. The van der Waals surface area contributed by atoms with Gasteiger partial charge in [0.05, 0.1) is 27.0 Å². The van der Waals surface area contributed by atoms with Gasteiger partial charge in [0.15, 0.2) is 6.61 Å². The zero-order valence-electron chi connectivity index (χ0n) is 21.4. The summed E-state index contributed by atoms with van der Waals surface area (Å²) in [5, 5.41) is -0.407. The van der Waals surface area contributed by atoms with E-state index in [-0.39, 0.29) is 27.2 Å². The van der Waals surface area contributed by atoms with E-state index >= 15 is 0 Å². The molecule has 0 saturated carbocycles. The number of nitrogens with one attached hydrogen (secondary N) is 1. The van der Waals surface area contributed by atoms with Gasteiger partial charge in [-0.25, -0.2) is 17.9 Å². The molecule has 0 aliphatic carbocycles. The zero-order chi connectivity index (χ0) is 28.3. The molecule has 1 fully saturated rings. The van der Waals surface area contributed by atoms with Crippen LogP contribution in [0.3, 0.4) is 0 Å². The predicted octanol–water partition coefficient (Wildman–Crippen LogP) is 4.15. The number of sulfonamides is 1. The molecule has 1 saturated heterocycles. The third-order valence-electron chi connectivity index (χ3n) is 6.61. The summed E-state index contributed by atoms with van der Waals surface area (Å²) in [7, 11) is -2.83. The van der Waals surface area contributed by atoms with Crippen LogP contribution in [0, 0.1) is 6.92 Å². The van der Waals surface area contributed by atoms with E-state index in [2.05, 4.69) is 4.72 Å². The van der Waals surface area contributed by atoms with Crippen LogP contribution >= 0.6 is 23.2 Å². The summed E-state index contributed by atoms with van der Waals surface area (Å²) >= 11 is 12.4. The van der Waals surface area contributed by atoms with Crippen LogP contribution in [-0.4, -0.2) is 54.3 Å². The second-order valence-corrected chi connectivity index (χ2v) is 11.6. The Balaban J connectivity index is 1.59. The summed E-state index contributed by atoms with van der Waals surface area (Å²) < 4.78 is 37.0. The first-order chi connectivity index (χ1) is 18.5. The fraction of sp³-hybridized carbons (Fsp3) is 0.346. The number of benzene rings is 2. The van der Waals surface area contributed by atoms with Crippen molar-refractivity contribution in [3.8, 4) is 5.69 Å². The molecule has 208 valence electrons. The molecule has 39 heavy (non-hydrogen) atoms. The molecule has 0 bridgehead atoms. The van der Waals surface area contributed by atoms with Crippen LogP contribution in [0.15, 0.2) is 52.2 Å². The van der Waals surface area contributed by atoms with Crippen molar-refractivity contribution in [1.29, 1.82) is 0 Å². The zero-order valence-corrected chi connectivity index (χ0v) is 23.8. The molecule has 0 radical (unpaired) electrons. The largest absolute Gasteiger partial charge is 0.452 e. The van der Waals surface area contributed by atoms with Gasteiger partial charge in [0.1, 0.15) is 10.6 Å². The Labute approximate surface area is 236 Å². The number of esters is 1. The maximum atomic E-state index is 13.4. The van der Waals surface area contributed by atoms with E-state index in [1.807, 2.05) is 0 Å². The molecule has 4 rings (SSSR count). The number of carbonyl (C=O) groups excluding carboxylic acids is 2. The molecule has 0 unspecified atom stereocenters. The predicted molar refractivity (Wildman–Crippen MR) is 148 cm³/mol. The smallest absolute Gasteiger partial charge is 0.340 e. The van der Waals surface area contributed by atoms with Gasteiger partial charge in [-0.3, -0.25) is 19.0 Å². The number of aromatic nitrogens is 2. The Bertz CT molecular complexity index is 1560. The summed E-state index contributed by atoms with van der Waals surface area (Å²) in [4.78, 5) is 39.7. The molecule has 1 N–H and O–H groups in total. The quantitative estimate of drug-likeness (QED) is 0.410. The van der Waals surface area contributed by atoms with Crippen molar-refractivity contribution in [3.05, 3.63) is 74.1 Å². The highest BCUT2D eigenvalue weighted by Crippen LogP contribution is 2.31. The first-order valence-corrected chi connectivity index (χ1v) is 14.6. The van der Waals surface area contributed by atoms with Gasteiger partial charge in [0.25, 0.3) is 21.5 Å². The number of ether oxygens (including phenoxy) is 1. The van der Waals surface area contributed by atoms with Crippen LogP contribution in [0.5, 0.6) is 0 Å². The highest BCUT2D eigenvalue weighted by Gasteiger charge is 2.27. The van der Waals surface area contributed by atoms with Crippen LogP contribution in [0.25, 0.3) is 5.69 Å². The van der Waals surface area contributed by atoms with Gasteiger partial charge in [0.2, 0.25) is 0 Å². The fourth-order valence-corrected chi connectivity index (χ4v) is 6.35. The van der Waals surface area contributed by atoms with E-state index in [0.717, 1.165) is 37.8 Å². The van der Waals surface area contributed by atoms with Gasteiger partial charge in [-0.15, -0.1) is 0 Å². The van der Waals surface area contributed by atoms with Crippen LogP contribution in [-0.2, 0) is 26.6 Å². The average Bonchev–Trinajstić information content (AvgIpc) is 3.10. The van der Waals surface area contributed by atoms with Crippen molar-refractivity contribution in [1.82, 2.24) is 14.3 Å². The van der Waals surface area contributed by atoms with Crippen LogP contribution in [0.4, 0.5) is 5.69 Å². The number of carbonyl (C=O) groups is 2. The third kappa shape index (κ3) is 6.15. The maximum absolute atomic E-state index is 13.4. The number of halogens is 2. The lowest BCUT2D eigenvalue weighted by Crippen LogP contribution is -2.35. The fourth-order valence-electron chi connectivity index (χ4n) is 4.38. The van der Waals surface area contributed by atoms with Gasteiger partial charge in [-0.05, 0) is 44.0 Å². The second-order valence-electron chi connectivity index (χ2n) is 9.18. The maximum Gasteiger partial charge on any atom is 0.340 e. The Morgan fingerprint density at radius 1 is 1.00 bits per heavy atom. The lowest BCUT2D eigenvalue weighted by atomic mass is 10.2. The van der Waals surface area contributed by atoms with E-state index in [0.29, 0.717) is 24.5 Å². The van der Waals surface area contributed by atoms with E-state index < -0.39 is 33.1 Å². The van der Waals surface area contributed by atoms with E-state index in [1.54, 1.807) is 49.2 Å². The minimum atomic E-state index is -4.45. The van der Waals surface area contributed by atoms with E-state index in [4.69, 9.17) is 27.9 Å². The molecule has 1 aliphatic heterocycles. The molecule has 2 aromatic carbocycles. The molecule has 1 aromatic heterocycles. The Kier molecular flexibility index (Phi) is 8.73. The van der Waals surface area contributed by atoms with Crippen molar-refractivity contribution >= 4 is 50.8 Å². The normalized spacial score (nSPS) is 14.1. The van der Waals surface area contributed by atoms with Crippen LogP contribution in [0.2, 0.25) is 10.0 Å². The van der Waals surface area contributed by atoms with Crippen molar-refractivity contribution in [2.45, 2.75) is 37.5 Å². The topological polar surface area (TPSA) is 120 Å². The summed E-state index contributed by atoms with van der Waals surface area (Å²) in [6.45, 7) is 2.28. The van der Waals surface area contributed by atoms with Gasteiger partial charge in [0, 0.05) is 20.1 Å². The number of anilines is 1. The number of para-hydroxylation sites is 1. The Morgan fingerprint density at radius 2 is 1.64 bits per heavy atom. The highest BCUT2D eigenvalue weighted by atomic mass is 35.5.